The molecule has 1 aliphatic rings. The molecule has 138 valence electrons. The minimum absolute atomic E-state index is 0.0283. The Morgan fingerprint density at radius 1 is 1.12 bits per heavy atom. The number of ether oxygens (including phenoxy) is 1. The zero-order chi connectivity index (χ0) is 18.4. The van der Waals surface area contributed by atoms with E-state index < -0.39 is 0 Å². The van der Waals surface area contributed by atoms with Crippen LogP contribution < -0.4 is 10.1 Å². The highest BCUT2D eigenvalue weighted by atomic mass is 16.5. The number of carbonyl (C=O) groups excluding carboxylic acids is 2. The maximum atomic E-state index is 13.0. The number of urea groups is 1. The van der Waals surface area contributed by atoms with E-state index >= 15 is 0 Å². The molecule has 0 aromatic heterocycles. The third kappa shape index (κ3) is 4.65. The van der Waals surface area contributed by atoms with Crippen molar-refractivity contribution in [1.29, 1.82) is 0 Å². The molecule has 6 nitrogen and oxygen atoms in total. The van der Waals surface area contributed by atoms with Gasteiger partial charge in [0.2, 0.25) is 0 Å². The monoisotopic (exact) mass is 347 g/mol. The number of amides is 3. The van der Waals surface area contributed by atoms with Gasteiger partial charge in [-0.2, -0.15) is 0 Å². The fourth-order valence-corrected chi connectivity index (χ4v) is 3.22. The maximum Gasteiger partial charge on any atom is 0.317 e. The van der Waals surface area contributed by atoms with Crippen molar-refractivity contribution in [2.45, 2.75) is 33.6 Å². The molecule has 0 unspecified atom stereocenters. The van der Waals surface area contributed by atoms with E-state index in [-0.39, 0.29) is 11.9 Å². The molecular weight excluding hydrogens is 318 g/mol. The molecule has 1 aliphatic heterocycles. The van der Waals surface area contributed by atoms with Gasteiger partial charge in [0.05, 0.1) is 12.7 Å². The minimum Gasteiger partial charge on any atom is -0.496 e. The van der Waals surface area contributed by atoms with Crippen LogP contribution in [0.2, 0.25) is 0 Å². The summed E-state index contributed by atoms with van der Waals surface area (Å²) in [5.41, 5.74) is 2.60. The number of rotatable bonds is 4. The molecule has 0 spiro atoms. The predicted octanol–water partition coefficient (Wildman–Crippen LogP) is 2.58. The Labute approximate surface area is 150 Å². The average molecular weight is 347 g/mol. The first kappa shape index (κ1) is 19.1. The number of nitrogens with zero attached hydrogens (tertiary/aromatic N) is 2. The molecule has 0 atom stereocenters. The van der Waals surface area contributed by atoms with E-state index in [9.17, 15) is 9.59 Å². The summed E-state index contributed by atoms with van der Waals surface area (Å²) < 4.78 is 5.46. The lowest BCUT2D eigenvalue weighted by Gasteiger charge is -2.23. The van der Waals surface area contributed by atoms with Gasteiger partial charge < -0.3 is 19.9 Å². The standard InChI is InChI=1S/C19H29N3O3/c1-5-7-20-19(24)22-9-6-8-21(10-11-22)18(23)16-13-14(2)12-15(3)17(16)25-4/h12-13H,5-11H2,1-4H3,(H,20,24). The van der Waals surface area contributed by atoms with Gasteiger partial charge in [0.25, 0.3) is 5.91 Å². The van der Waals surface area contributed by atoms with Gasteiger partial charge in [0.1, 0.15) is 5.75 Å². The van der Waals surface area contributed by atoms with E-state index in [4.69, 9.17) is 4.74 Å². The molecule has 2 rings (SSSR count). The first-order valence-corrected chi connectivity index (χ1v) is 8.95. The van der Waals surface area contributed by atoms with Crippen LogP contribution in [0.25, 0.3) is 0 Å². The fraction of sp³-hybridized carbons (Fsp3) is 0.579. The molecule has 0 bridgehead atoms. The van der Waals surface area contributed by atoms with Crippen LogP contribution in [0.15, 0.2) is 12.1 Å². The largest absolute Gasteiger partial charge is 0.496 e. The summed E-state index contributed by atoms with van der Waals surface area (Å²) in [5, 5.41) is 2.90. The Morgan fingerprint density at radius 3 is 2.48 bits per heavy atom. The summed E-state index contributed by atoms with van der Waals surface area (Å²) in [6, 6.07) is 3.85. The molecule has 6 heteroatoms. The van der Waals surface area contributed by atoms with Crippen LogP contribution >= 0.6 is 0 Å². The molecule has 1 fully saturated rings. The molecule has 0 aliphatic carbocycles. The summed E-state index contributed by atoms with van der Waals surface area (Å²) in [5.74, 6) is 0.608. The first-order chi connectivity index (χ1) is 12.0. The molecule has 1 saturated heterocycles. The highest BCUT2D eigenvalue weighted by Gasteiger charge is 2.25. The van der Waals surface area contributed by atoms with E-state index in [1.807, 2.05) is 37.8 Å². The van der Waals surface area contributed by atoms with Crippen molar-refractivity contribution < 1.29 is 14.3 Å². The molecule has 25 heavy (non-hydrogen) atoms. The summed E-state index contributed by atoms with van der Waals surface area (Å²) >= 11 is 0. The minimum atomic E-state index is -0.0415. The smallest absolute Gasteiger partial charge is 0.317 e. The van der Waals surface area contributed by atoms with E-state index in [2.05, 4.69) is 5.32 Å². The lowest BCUT2D eigenvalue weighted by Crippen LogP contribution is -2.42. The topological polar surface area (TPSA) is 61.9 Å². The van der Waals surface area contributed by atoms with Crippen molar-refractivity contribution in [2.75, 3.05) is 39.8 Å². The summed E-state index contributed by atoms with van der Waals surface area (Å²) in [4.78, 5) is 28.8. The number of hydrogen-bond acceptors (Lipinski definition) is 3. The first-order valence-electron chi connectivity index (χ1n) is 8.95. The number of nitrogens with one attached hydrogen (secondary N) is 1. The second-order valence-corrected chi connectivity index (χ2v) is 6.53. The van der Waals surface area contributed by atoms with Crippen molar-refractivity contribution in [3.63, 3.8) is 0 Å². The Morgan fingerprint density at radius 2 is 1.80 bits per heavy atom. The number of methoxy groups -OCH3 is 1. The van der Waals surface area contributed by atoms with Crippen LogP contribution in [0.5, 0.6) is 5.75 Å². The molecule has 0 saturated carbocycles. The quantitative estimate of drug-likeness (QED) is 0.911. The Balaban J connectivity index is 2.10. The van der Waals surface area contributed by atoms with E-state index in [1.54, 1.807) is 12.0 Å². The highest BCUT2D eigenvalue weighted by Crippen LogP contribution is 2.26. The Kier molecular flexibility index (Phi) is 6.67. The fourth-order valence-electron chi connectivity index (χ4n) is 3.22. The molecule has 1 heterocycles. The van der Waals surface area contributed by atoms with Crippen LogP contribution in [0, 0.1) is 13.8 Å². The summed E-state index contributed by atoms with van der Waals surface area (Å²) in [7, 11) is 1.59. The molecule has 1 N–H and O–H groups in total. The van der Waals surface area contributed by atoms with Crippen LogP contribution in [-0.2, 0) is 0 Å². The normalized spacial score (nSPS) is 14.9. The third-order valence-electron chi connectivity index (χ3n) is 4.45. The van der Waals surface area contributed by atoms with Gasteiger partial charge in [-0.15, -0.1) is 0 Å². The van der Waals surface area contributed by atoms with E-state index in [1.165, 1.54) is 0 Å². The van der Waals surface area contributed by atoms with Crippen LogP contribution in [0.1, 0.15) is 41.3 Å². The van der Waals surface area contributed by atoms with E-state index in [0.29, 0.717) is 44.0 Å². The predicted molar refractivity (Wildman–Crippen MR) is 98.3 cm³/mol. The van der Waals surface area contributed by atoms with Gasteiger partial charge in [-0.05, 0) is 43.9 Å². The van der Waals surface area contributed by atoms with Gasteiger partial charge in [0.15, 0.2) is 0 Å². The van der Waals surface area contributed by atoms with Gasteiger partial charge in [-0.3, -0.25) is 4.79 Å². The lowest BCUT2D eigenvalue weighted by molar-refractivity contribution is 0.0758. The number of benzene rings is 1. The summed E-state index contributed by atoms with van der Waals surface area (Å²) in [6.07, 6.45) is 1.69. The van der Waals surface area contributed by atoms with Crippen molar-refractivity contribution in [3.05, 3.63) is 28.8 Å². The van der Waals surface area contributed by atoms with Crippen LogP contribution in [0.4, 0.5) is 4.79 Å². The lowest BCUT2D eigenvalue weighted by atomic mass is 10.0. The molecule has 1 aromatic rings. The average Bonchev–Trinajstić information content (AvgIpc) is 2.84. The number of carbonyl (C=O) groups is 2. The van der Waals surface area contributed by atoms with Crippen LogP contribution in [-0.4, -0.2) is 61.6 Å². The Bertz CT molecular complexity index is 631. The molecular formula is C19H29N3O3. The highest BCUT2D eigenvalue weighted by molar-refractivity contribution is 5.97. The van der Waals surface area contributed by atoms with Gasteiger partial charge in [-0.25, -0.2) is 4.79 Å². The molecule has 0 radical (unpaired) electrons. The molecule has 1 aromatic carbocycles. The zero-order valence-corrected chi connectivity index (χ0v) is 15.7. The van der Waals surface area contributed by atoms with Gasteiger partial charge >= 0.3 is 6.03 Å². The molecule has 3 amide bonds. The van der Waals surface area contributed by atoms with Gasteiger partial charge in [0, 0.05) is 32.7 Å². The van der Waals surface area contributed by atoms with Gasteiger partial charge in [-0.1, -0.05) is 13.0 Å². The zero-order valence-electron chi connectivity index (χ0n) is 15.7. The van der Waals surface area contributed by atoms with Crippen LogP contribution in [0.3, 0.4) is 0 Å². The summed E-state index contributed by atoms with van der Waals surface area (Å²) in [6.45, 7) is 9.03. The van der Waals surface area contributed by atoms with Crippen molar-refractivity contribution in [1.82, 2.24) is 15.1 Å². The Hall–Kier alpha value is -2.24. The SMILES string of the molecule is CCCNC(=O)N1CCCN(C(=O)c2cc(C)cc(C)c2OC)CC1. The van der Waals surface area contributed by atoms with Crippen molar-refractivity contribution in [3.8, 4) is 5.75 Å². The second-order valence-electron chi connectivity index (χ2n) is 6.53. The number of hydrogen-bond donors (Lipinski definition) is 1. The van der Waals surface area contributed by atoms with E-state index in [0.717, 1.165) is 24.0 Å². The maximum absolute atomic E-state index is 13.0. The number of aryl methyl sites for hydroxylation is 2. The third-order valence-corrected chi connectivity index (χ3v) is 4.45. The van der Waals surface area contributed by atoms with Crippen molar-refractivity contribution >= 4 is 11.9 Å². The second kappa shape index (κ2) is 8.74. The van der Waals surface area contributed by atoms with Crippen molar-refractivity contribution in [2.24, 2.45) is 0 Å².